The Bertz CT molecular complexity index is 1020. The zero-order valence-electron chi connectivity index (χ0n) is 15.0. The molecule has 0 amide bonds. The predicted octanol–water partition coefficient (Wildman–Crippen LogP) is 5.74. The Hall–Kier alpha value is -2.92. The summed E-state index contributed by atoms with van der Waals surface area (Å²) in [5, 5.41) is 0.408. The molecular formula is C21H17ClFNO3. The lowest BCUT2D eigenvalue weighted by molar-refractivity contribution is 0.0597. The SMILES string of the molecule is COC(=O)c1cnc(-c2ccc(C)c(F)c2)cc1Oc1ccc(C)cc1Cl. The number of benzene rings is 2. The van der Waals surface area contributed by atoms with Gasteiger partial charge in [0.05, 0.1) is 17.8 Å². The van der Waals surface area contributed by atoms with E-state index in [9.17, 15) is 9.18 Å². The summed E-state index contributed by atoms with van der Waals surface area (Å²) in [6.07, 6.45) is 1.34. The van der Waals surface area contributed by atoms with Crippen LogP contribution < -0.4 is 4.74 Å². The standard InChI is InChI=1S/C21H17ClFNO3/c1-12-4-7-19(16(22)8-12)27-20-10-18(24-11-15(20)21(25)26-3)14-6-5-13(2)17(23)9-14/h4-11H,1-3H3. The molecule has 27 heavy (non-hydrogen) atoms. The lowest BCUT2D eigenvalue weighted by Gasteiger charge is -2.13. The molecule has 3 rings (SSSR count). The molecule has 0 N–H and O–H groups in total. The van der Waals surface area contributed by atoms with E-state index >= 15 is 0 Å². The Kier molecular flexibility index (Phi) is 5.42. The van der Waals surface area contributed by atoms with Gasteiger partial charge in [-0.15, -0.1) is 0 Å². The summed E-state index contributed by atoms with van der Waals surface area (Å²) in [5.41, 5.74) is 2.68. The molecule has 6 heteroatoms. The summed E-state index contributed by atoms with van der Waals surface area (Å²) >= 11 is 6.23. The summed E-state index contributed by atoms with van der Waals surface area (Å²) < 4.78 is 24.6. The average Bonchev–Trinajstić information content (AvgIpc) is 2.65. The number of hydrogen-bond donors (Lipinski definition) is 0. The Morgan fingerprint density at radius 2 is 1.85 bits per heavy atom. The number of aryl methyl sites for hydroxylation is 2. The second-order valence-electron chi connectivity index (χ2n) is 6.06. The quantitative estimate of drug-likeness (QED) is 0.537. The Morgan fingerprint density at radius 1 is 1.07 bits per heavy atom. The molecule has 138 valence electrons. The summed E-state index contributed by atoms with van der Waals surface area (Å²) in [5.74, 6) is -0.323. The predicted molar refractivity (Wildman–Crippen MR) is 102 cm³/mol. The first-order chi connectivity index (χ1) is 12.9. The molecule has 0 aliphatic carbocycles. The van der Waals surface area contributed by atoms with E-state index in [4.69, 9.17) is 21.1 Å². The monoisotopic (exact) mass is 385 g/mol. The molecule has 3 aromatic rings. The number of ether oxygens (including phenoxy) is 2. The number of hydrogen-bond acceptors (Lipinski definition) is 4. The number of carbonyl (C=O) groups excluding carboxylic acids is 1. The number of pyridine rings is 1. The molecular weight excluding hydrogens is 369 g/mol. The van der Waals surface area contributed by atoms with E-state index in [0.717, 1.165) is 5.56 Å². The highest BCUT2D eigenvalue weighted by Crippen LogP contribution is 2.34. The van der Waals surface area contributed by atoms with Crippen LogP contribution in [0.4, 0.5) is 4.39 Å². The fourth-order valence-electron chi connectivity index (χ4n) is 2.50. The molecule has 0 aliphatic heterocycles. The van der Waals surface area contributed by atoms with Gasteiger partial charge in [0.2, 0.25) is 0 Å². The van der Waals surface area contributed by atoms with Crippen molar-refractivity contribution in [2.45, 2.75) is 13.8 Å². The van der Waals surface area contributed by atoms with Gasteiger partial charge in [-0.3, -0.25) is 4.98 Å². The number of methoxy groups -OCH3 is 1. The maximum absolute atomic E-state index is 13.9. The second-order valence-corrected chi connectivity index (χ2v) is 6.46. The Balaban J connectivity index is 2.08. The molecule has 1 heterocycles. The summed E-state index contributed by atoms with van der Waals surface area (Å²) in [6.45, 7) is 3.59. The molecule has 0 bridgehead atoms. The molecule has 0 fully saturated rings. The average molecular weight is 386 g/mol. The summed E-state index contributed by atoms with van der Waals surface area (Å²) in [4.78, 5) is 16.3. The van der Waals surface area contributed by atoms with Crippen molar-refractivity contribution in [1.29, 1.82) is 0 Å². The van der Waals surface area contributed by atoms with Crippen LogP contribution in [0, 0.1) is 19.7 Å². The fourth-order valence-corrected chi connectivity index (χ4v) is 2.78. The highest BCUT2D eigenvalue weighted by atomic mass is 35.5. The van der Waals surface area contributed by atoms with Gasteiger partial charge in [-0.25, -0.2) is 9.18 Å². The van der Waals surface area contributed by atoms with Crippen LogP contribution in [-0.2, 0) is 4.74 Å². The van der Waals surface area contributed by atoms with Crippen molar-refractivity contribution in [2.75, 3.05) is 7.11 Å². The Labute approximate surface area is 161 Å². The largest absolute Gasteiger partial charge is 0.465 e. The van der Waals surface area contributed by atoms with Crippen LogP contribution in [0.5, 0.6) is 11.5 Å². The number of aromatic nitrogens is 1. The van der Waals surface area contributed by atoms with E-state index in [2.05, 4.69) is 4.98 Å². The minimum absolute atomic E-state index is 0.144. The number of esters is 1. The van der Waals surface area contributed by atoms with E-state index in [1.807, 2.05) is 13.0 Å². The van der Waals surface area contributed by atoms with E-state index in [1.165, 1.54) is 19.4 Å². The second kappa shape index (κ2) is 7.76. The van der Waals surface area contributed by atoms with Crippen LogP contribution in [0.15, 0.2) is 48.7 Å². The van der Waals surface area contributed by atoms with Crippen LogP contribution in [0.2, 0.25) is 5.02 Å². The molecule has 0 spiro atoms. The number of carbonyl (C=O) groups is 1. The van der Waals surface area contributed by atoms with Crippen molar-refractivity contribution >= 4 is 17.6 Å². The van der Waals surface area contributed by atoms with E-state index in [-0.39, 0.29) is 17.1 Å². The van der Waals surface area contributed by atoms with Crippen molar-refractivity contribution in [3.63, 3.8) is 0 Å². The van der Waals surface area contributed by atoms with E-state index in [0.29, 0.717) is 27.6 Å². The maximum atomic E-state index is 13.9. The van der Waals surface area contributed by atoms with Gasteiger partial charge in [0.25, 0.3) is 0 Å². The first-order valence-corrected chi connectivity index (χ1v) is 8.55. The molecule has 0 saturated carbocycles. The van der Waals surface area contributed by atoms with Gasteiger partial charge in [-0.2, -0.15) is 0 Å². The normalized spacial score (nSPS) is 10.6. The molecule has 2 aromatic carbocycles. The third-order valence-corrected chi connectivity index (χ3v) is 4.34. The first kappa shape index (κ1) is 18.9. The van der Waals surface area contributed by atoms with Gasteiger partial charge < -0.3 is 9.47 Å². The summed E-state index contributed by atoms with van der Waals surface area (Å²) in [6, 6.07) is 11.7. The molecule has 0 aliphatic rings. The molecule has 0 radical (unpaired) electrons. The molecule has 0 saturated heterocycles. The van der Waals surface area contributed by atoms with E-state index < -0.39 is 5.97 Å². The highest BCUT2D eigenvalue weighted by molar-refractivity contribution is 6.32. The van der Waals surface area contributed by atoms with Gasteiger partial charge in [-0.1, -0.05) is 29.8 Å². The van der Waals surface area contributed by atoms with Crippen molar-refractivity contribution in [1.82, 2.24) is 4.98 Å². The van der Waals surface area contributed by atoms with E-state index in [1.54, 1.807) is 37.3 Å². The van der Waals surface area contributed by atoms with Crippen LogP contribution in [0.3, 0.4) is 0 Å². The van der Waals surface area contributed by atoms with Gasteiger partial charge in [0.1, 0.15) is 22.9 Å². The maximum Gasteiger partial charge on any atom is 0.343 e. The molecule has 4 nitrogen and oxygen atoms in total. The highest BCUT2D eigenvalue weighted by Gasteiger charge is 2.18. The number of rotatable bonds is 4. The topological polar surface area (TPSA) is 48.4 Å². The molecule has 0 unspecified atom stereocenters. The van der Waals surface area contributed by atoms with Crippen molar-refractivity contribution in [3.8, 4) is 22.8 Å². The van der Waals surface area contributed by atoms with Gasteiger partial charge in [0.15, 0.2) is 0 Å². The van der Waals surface area contributed by atoms with Gasteiger partial charge in [-0.05, 0) is 43.2 Å². The van der Waals surface area contributed by atoms with Crippen LogP contribution >= 0.6 is 11.6 Å². The lowest BCUT2D eigenvalue weighted by Crippen LogP contribution is -2.05. The zero-order valence-corrected chi connectivity index (χ0v) is 15.8. The molecule has 0 atom stereocenters. The Morgan fingerprint density at radius 3 is 2.52 bits per heavy atom. The van der Waals surface area contributed by atoms with Crippen LogP contribution in [0.1, 0.15) is 21.5 Å². The number of nitrogens with zero attached hydrogens (tertiary/aromatic N) is 1. The zero-order chi connectivity index (χ0) is 19.6. The summed E-state index contributed by atoms with van der Waals surface area (Å²) in [7, 11) is 1.27. The first-order valence-electron chi connectivity index (χ1n) is 8.18. The lowest BCUT2D eigenvalue weighted by atomic mass is 10.1. The minimum atomic E-state index is -0.595. The minimum Gasteiger partial charge on any atom is -0.465 e. The third kappa shape index (κ3) is 4.09. The van der Waals surface area contributed by atoms with Crippen LogP contribution in [0.25, 0.3) is 11.3 Å². The fraction of sp³-hybridized carbons (Fsp3) is 0.143. The van der Waals surface area contributed by atoms with Crippen molar-refractivity contribution in [3.05, 3.63) is 76.2 Å². The number of halogens is 2. The van der Waals surface area contributed by atoms with Gasteiger partial charge >= 0.3 is 5.97 Å². The van der Waals surface area contributed by atoms with Crippen LogP contribution in [-0.4, -0.2) is 18.1 Å². The van der Waals surface area contributed by atoms with Gasteiger partial charge in [0, 0.05) is 17.8 Å². The smallest absolute Gasteiger partial charge is 0.343 e. The third-order valence-electron chi connectivity index (χ3n) is 4.05. The molecule has 1 aromatic heterocycles. The van der Waals surface area contributed by atoms with Crippen molar-refractivity contribution in [2.24, 2.45) is 0 Å². The van der Waals surface area contributed by atoms with Crippen molar-refractivity contribution < 1.29 is 18.7 Å².